The largest absolute Gasteiger partial charge is 0.391 e. The summed E-state index contributed by atoms with van der Waals surface area (Å²) in [6, 6.07) is 1.95. The molecular weight excluding hydrogens is 156 g/mol. The second-order valence-corrected chi connectivity index (χ2v) is 2.93. The summed E-state index contributed by atoms with van der Waals surface area (Å²) >= 11 is 0. The van der Waals surface area contributed by atoms with Crippen molar-refractivity contribution in [3.05, 3.63) is 0 Å². The van der Waals surface area contributed by atoms with Crippen molar-refractivity contribution in [3.8, 4) is 6.07 Å². The summed E-state index contributed by atoms with van der Waals surface area (Å²) in [5, 5.41) is 17.6. The number of nitriles is 1. The van der Waals surface area contributed by atoms with Crippen LogP contribution < -0.4 is 0 Å². The van der Waals surface area contributed by atoms with Crippen molar-refractivity contribution < 1.29 is 9.84 Å². The van der Waals surface area contributed by atoms with Crippen LogP contribution >= 0.6 is 0 Å². The van der Waals surface area contributed by atoms with Crippen LogP contribution in [0.5, 0.6) is 0 Å². The van der Waals surface area contributed by atoms with Gasteiger partial charge in [0, 0.05) is 19.6 Å². The first-order valence-electron chi connectivity index (χ1n) is 4.18. The first kappa shape index (κ1) is 9.46. The van der Waals surface area contributed by atoms with Gasteiger partial charge in [0.15, 0.2) is 0 Å². The van der Waals surface area contributed by atoms with E-state index < -0.39 is 6.10 Å². The van der Waals surface area contributed by atoms with E-state index in [-0.39, 0.29) is 6.42 Å². The van der Waals surface area contributed by atoms with E-state index in [2.05, 4.69) is 4.90 Å². The van der Waals surface area contributed by atoms with Crippen LogP contribution in [0.2, 0.25) is 0 Å². The number of β-amino-alcohol motifs (C(OH)–C–C–N with tert-alkyl or cyclic N) is 1. The van der Waals surface area contributed by atoms with E-state index in [1.807, 2.05) is 6.07 Å². The van der Waals surface area contributed by atoms with Gasteiger partial charge >= 0.3 is 0 Å². The zero-order valence-electron chi connectivity index (χ0n) is 7.07. The molecule has 0 unspecified atom stereocenters. The van der Waals surface area contributed by atoms with Crippen LogP contribution in [0, 0.1) is 11.3 Å². The summed E-state index contributed by atoms with van der Waals surface area (Å²) in [6.07, 6.45) is -0.287. The van der Waals surface area contributed by atoms with E-state index in [9.17, 15) is 5.11 Å². The zero-order chi connectivity index (χ0) is 8.81. The lowest BCUT2D eigenvalue weighted by Crippen LogP contribution is -2.40. The predicted molar refractivity (Wildman–Crippen MR) is 43.5 cm³/mol. The molecule has 4 heteroatoms. The first-order chi connectivity index (χ1) is 5.83. The van der Waals surface area contributed by atoms with Crippen LogP contribution in [0.4, 0.5) is 0 Å². The van der Waals surface area contributed by atoms with Gasteiger partial charge in [-0.3, -0.25) is 4.90 Å². The summed E-state index contributed by atoms with van der Waals surface area (Å²) < 4.78 is 5.15. The van der Waals surface area contributed by atoms with Gasteiger partial charge in [-0.2, -0.15) is 5.26 Å². The zero-order valence-corrected chi connectivity index (χ0v) is 7.07. The van der Waals surface area contributed by atoms with Crippen molar-refractivity contribution in [3.63, 3.8) is 0 Å². The molecular formula is C8H14N2O2. The molecule has 12 heavy (non-hydrogen) atoms. The van der Waals surface area contributed by atoms with E-state index in [1.54, 1.807) is 0 Å². The summed E-state index contributed by atoms with van der Waals surface area (Å²) in [4.78, 5) is 2.12. The molecule has 1 fully saturated rings. The Bertz CT molecular complexity index is 161. The Morgan fingerprint density at radius 1 is 1.50 bits per heavy atom. The maximum absolute atomic E-state index is 9.30. The Balaban J connectivity index is 2.16. The molecule has 0 aliphatic carbocycles. The normalized spacial score (nSPS) is 21.7. The van der Waals surface area contributed by atoms with Crippen molar-refractivity contribution in [2.75, 3.05) is 32.8 Å². The average Bonchev–Trinajstić information content (AvgIpc) is 2.06. The van der Waals surface area contributed by atoms with Crippen LogP contribution in [0.1, 0.15) is 6.42 Å². The molecule has 0 amide bonds. The standard InChI is InChI=1S/C8H14N2O2/c9-2-1-8(11)7-10-3-5-12-6-4-10/h8,11H,1,3-7H2/t8-/m1/s1. The number of hydrogen-bond donors (Lipinski definition) is 1. The van der Waals surface area contributed by atoms with E-state index >= 15 is 0 Å². The van der Waals surface area contributed by atoms with Gasteiger partial charge in [0.05, 0.1) is 31.8 Å². The van der Waals surface area contributed by atoms with E-state index in [0.29, 0.717) is 6.54 Å². The Morgan fingerprint density at radius 2 is 2.17 bits per heavy atom. The summed E-state index contributed by atoms with van der Waals surface area (Å²) in [7, 11) is 0. The highest BCUT2D eigenvalue weighted by molar-refractivity contribution is 4.78. The smallest absolute Gasteiger partial charge is 0.0796 e. The number of aliphatic hydroxyl groups is 1. The molecule has 1 aliphatic rings. The van der Waals surface area contributed by atoms with Gasteiger partial charge in [0.25, 0.3) is 0 Å². The topological polar surface area (TPSA) is 56.5 Å². The molecule has 0 bridgehead atoms. The predicted octanol–water partition coefficient (Wildman–Crippen LogP) is -0.407. The van der Waals surface area contributed by atoms with Crippen molar-refractivity contribution in [1.82, 2.24) is 4.90 Å². The van der Waals surface area contributed by atoms with Gasteiger partial charge < -0.3 is 9.84 Å². The van der Waals surface area contributed by atoms with Gasteiger partial charge in [-0.05, 0) is 0 Å². The highest BCUT2D eigenvalue weighted by Gasteiger charge is 2.13. The van der Waals surface area contributed by atoms with E-state index in [1.165, 1.54) is 0 Å². The molecule has 0 aromatic heterocycles. The van der Waals surface area contributed by atoms with Crippen LogP contribution in [-0.4, -0.2) is 49.0 Å². The third-order valence-corrected chi connectivity index (χ3v) is 1.90. The molecule has 1 heterocycles. The Hall–Kier alpha value is -0.630. The van der Waals surface area contributed by atoms with Crippen LogP contribution in [0.25, 0.3) is 0 Å². The van der Waals surface area contributed by atoms with Crippen molar-refractivity contribution in [2.24, 2.45) is 0 Å². The number of ether oxygens (including phenoxy) is 1. The average molecular weight is 170 g/mol. The van der Waals surface area contributed by atoms with E-state index in [0.717, 1.165) is 26.3 Å². The molecule has 1 atom stereocenters. The number of hydrogen-bond acceptors (Lipinski definition) is 4. The summed E-state index contributed by atoms with van der Waals surface area (Å²) in [6.45, 7) is 3.79. The number of nitrogens with zero attached hydrogens (tertiary/aromatic N) is 2. The fourth-order valence-corrected chi connectivity index (χ4v) is 1.25. The van der Waals surface area contributed by atoms with E-state index in [4.69, 9.17) is 10.00 Å². The minimum Gasteiger partial charge on any atom is -0.391 e. The van der Waals surface area contributed by atoms with Crippen molar-refractivity contribution >= 4 is 0 Å². The second-order valence-electron chi connectivity index (χ2n) is 2.93. The SMILES string of the molecule is N#CC[C@@H](O)CN1CCOCC1. The minimum absolute atomic E-state index is 0.220. The monoisotopic (exact) mass is 170 g/mol. The Morgan fingerprint density at radius 3 is 2.75 bits per heavy atom. The summed E-state index contributed by atoms with van der Waals surface area (Å²) in [5.41, 5.74) is 0. The Labute approximate surface area is 72.3 Å². The number of morpholine rings is 1. The molecule has 1 N–H and O–H groups in total. The molecule has 0 saturated carbocycles. The van der Waals surface area contributed by atoms with Gasteiger partial charge in [0.2, 0.25) is 0 Å². The van der Waals surface area contributed by atoms with Gasteiger partial charge in [-0.25, -0.2) is 0 Å². The van der Waals surface area contributed by atoms with Crippen LogP contribution in [0.15, 0.2) is 0 Å². The maximum atomic E-state index is 9.30. The third-order valence-electron chi connectivity index (χ3n) is 1.90. The summed E-state index contributed by atoms with van der Waals surface area (Å²) in [5.74, 6) is 0. The molecule has 0 radical (unpaired) electrons. The molecule has 0 spiro atoms. The molecule has 0 aromatic carbocycles. The molecule has 68 valence electrons. The fourth-order valence-electron chi connectivity index (χ4n) is 1.25. The quantitative estimate of drug-likeness (QED) is 0.625. The lowest BCUT2D eigenvalue weighted by Gasteiger charge is -2.27. The van der Waals surface area contributed by atoms with Gasteiger partial charge in [-0.15, -0.1) is 0 Å². The van der Waals surface area contributed by atoms with Gasteiger partial charge in [-0.1, -0.05) is 0 Å². The fraction of sp³-hybridized carbons (Fsp3) is 0.875. The lowest BCUT2D eigenvalue weighted by molar-refractivity contribution is 0.0156. The van der Waals surface area contributed by atoms with Crippen LogP contribution in [-0.2, 0) is 4.74 Å². The molecule has 0 aromatic rings. The maximum Gasteiger partial charge on any atom is 0.0796 e. The Kier molecular flexibility index (Phi) is 4.01. The highest BCUT2D eigenvalue weighted by atomic mass is 16.5. The number of rotatable bonds is 3. The number of aliphatic hydroxyl groups excluding tert-OH is 1. The highest BCUT2D eigenvalue weighted by Crippen LogP contribution is 2.00. The molecule has 1 rings (SSSR count). The second kappa shape index (κ2) is 5.09. The van der Waals surface area contributed by atoms with Crippen molar-refractivity contribution in [2.45, 2.75) is 12.5 Å². The molecule has 1 saturated heterocycles. The molecule has 4 nitrogen and oxygen atoms in total. The van der Waals surface area contributed by atoms with Crippen molar-refractivity contribution in [1.29, 1.82) is 5.26 Å². The van der Waals surface area contributed by atoms with Gasteiger partial charge in [0.1, 0.15) is 0 Å². The first-order valence-corrected chi connectivity index (χ1v) is 4.18. The molecule has 1 aliphatic heterocycles. The minimum atomic E-state index is -0.506. The van der Waals surface area contributed by atoms with Crippen LogP contribution in [0.3, 0.4) is 0 Å². The third kappa shape index (κ3) is 3.18. The lowest BCUT2D eigenvalue weighted by atomic mass is 10.2.